The molecule has 1 N–H and O–H groups in total. The molecule has 2 aromatic rings. The van der Waals surface area contributed by atoms with Crippen LogP contribution in [0.2, 0.25) is 5.02 Å². The van der Waals surface area contributed by atoms with E-state index in [1.807, 2.05) is 38.4 Å². The fourth-order valence-electron chi connectivity index (χ4n) is 1.68. The predicted molar refractivity (Wildman–Crippen MR) is 79.5 cm³/mol. The number of halogens is 1. The predicted octanol–water partition coefficient (Wildman–Crippen LogP) is 4.02. The van der Waals surface area contributed by atoms with Crippen molar-refractivity contribution in [3.8, 4) is 0 Å². The molecule has 0 aromatic heterocycles. The zero-order chi connectivity index (χ0) is 13.0. The van der Waals surface area contributed by atoms with E-state index in [0.29, 0.717) is 0 Å². The molecule has 0 spiro atoms. The van der Waals surface area contributed by atoms with Crippen molar-refractivity contribution in [3.05, 3.63) is 59.1 Å². The molecule has 0 fully saturated rings. The van der Waals surface area contributed by atoms with Gasteiger partial charge in [-0.3, -0.25) is 0 Å². The molecule has 94 valence electrons. The molecule has 2 aromatic carbocycles. The molecule has 2 nitrogen and oxygen atoms in total. The lowest BCUT2D eigenvalue weighted by Crippen LogP contribution is -2.08. The lowest BCUT2D eigenvalue weighted by Gasteiger charge is -2.13. The molecular formula is C15H17ClN2. The SMILES string of the molecule is CN(C)c1ccc(NCc2ccc(Cl)cc2)cc1. The van der Waals surface area contributed by atoms with Gasteiger partial charge in [-0.25, -0.2) is 0 Å². The van der Waals surface area contributed by atoms with E-state index in [9.17, 15) is 0 Å². The third-order valence-electron chi connectivity index (χ3n) is 2.79. The van der Waals surface area contributed by atoms with Crippen LogP contribution in [0.15, 0.2) is 48.5 Å². The van der Waals surface area contributed by atoms with Gasteiger partial charge in [0.15, 0.2) is 0 Å². The van der Waals surface area contributed by atoms with Crippen LogP contribution in [0.1, 0.15) is 5.56 Å². The van der Waals surface area contributed by atoms with E-state index in [0.717, 1.165) is 17.3 Å². The Labute approximate surface area is 113 Å². The molecule has 0 bridgehead atoms. The third-order valence-corrected chi connectivity index (χ3v) is 3.05. The minimum Gasteiger partial charge on any atom is -0.381 e. The van der Waals surface area contributed by atoms with Crippen molar-refractivity contribution < 1.29 is 0 Å². The second-order valence-corrected chi connectivity index (χ2v) is 4.86. The van der Waals surface area contributed by atoms with Crippen LogP contribution in [-0.2, 0) is 6.54 Å². The zero-order valence-electron chi connectivity index (χ0n) is 10.7. The molecule has 0 aliphatic carbocycles. The van der Waals surface area contributed by atoms with Crippen LogP contribution in [0.4, 0.5) is 11.4 Å². The quantitative estimate of drug-likeness (QED) is 0.893. The Kier molecular flexibility index (Phi) is 4.11. The molecule has 0 aliphatic rings. The van der Waals surface area contributed by atoms with E-state index in [1.54, 1.807) is 0 Å². The van der Waals surface area contributed by atoms with Crippen molar-refractivity contribution >= 4 is 23.0 Å². The summed E-state index contributed by atoms with van der Waals surface area (Å²) in [6.07, 6.45) is 0. The summed E-state index contributed by atoms with van der Waals surface area (Å²) in [5.74, 6) is 0. The Morgan fingerprint density at radius 3 is 2.11 bits per heavy atom. The molecule has 0 saturated carbocycles. The average Bonchev–Trinajstić information content (AvgIpc) is 2.38. The van der Waals surface area contributed by atoms with Gasteiger partial charge in [0.2, 0.25) is 0 Å². The standard InChI is InChI=1S/C15H17ClN2/c1-18(2)15-9-7-14(8-10-15)17-11-12-3-5-13(16)6-4-12/h3-10,17H,11H2,1-2H3. The van der Waals surface area contributed by atoms with E-state index >= 15 is 0 Å². The highest BCUT2D eigenvalue weighted by molar-refractivity contribution is 6.30. The van der Waals surface area contributed by atoms with Crippen LogP contribution in [0.5, 0.6) is 0 Å². The van der Waals surface area contributed by atoms with Crippen LogP contribution < -0.4 is 10.2 Å². The number of rotatable bonds is 4. The number of benzene rings is 2. The molecule has 0 amide bonds. The summed E-state index contributed by atoms with van der Waals surface area (Å²) in [7, 11) is 4.08. The third kappa shape index (κ3) is 3.41. The van der Waals surface area contributed by atoms with Crippen LogP contribution in [-0.4, -0.2) is 14.1 Å². The molecule has 0 saturated heterocycles. The highest BCUT2D eigenvalue weighted by atomic mass is 35.5. The molecule has 0 heterocycles. The number of nitrogens with one attached hydrogen (secondary N) is 1. The van der Waals surface area contributed by atoms with E-state index in [1.165, 1.54) is 11.3 Å². The van der Waals surface area contributed by atoms with Crippen molar-refractivity contribution in [1.82, 2.24) is 0 Å². The Morgan fingerprint density at radius 2 is 1.56 bits per heavy atom. The molecule has 0 radical (unpaired) electrons. The number of hydrogen-bond donors (Lipinski definition) is 1. The largest absolute Gasteiger partial charge is 0.381 e. The zero-order valence-corrected chi connectivity index (χ0v) is 11.4. The monoisotopic (exact) mass is 260 g/mol. The lowest BCUT2D eigenvalue weighted by molar-refractivity contribution is 1.12. The maximum atomic E-state index is 5.85. The van der Waals surface area contributed by atoms with Crippen LogP contribution in [0, 0.1) is 0 Å². The first-order chi connectivity index (χ1) is 8.65. The number of hydrogen-bond acceptors (Lipinski definition) is 2. The van der Waals surface area contributed by atoms with E-state index in [2.05, 4.69) is 34.5 Å². The van der Waals surface area contributed by atoms with Crippen molar-refractivity contribution in [2.24, 2.45) is 0 Å². The highest BCUT2D eigenvalue weighted by Crippen LogP contribution is 2.17. The minimum atomic E-state index is 0.772. The van der Waals surface area contributed by atoms with E-state index in [-0.39, 0.29) is 0 Å². The Hall–Kier alpha value is -1.67. The summed E-state index contributed by atoms with van der Waals surface area (Å²) >= 11 is 5.85. The first-order valence-corrected chi connectivity index (χ1v) is 6.28. The fraction of sp³-hybridized carbons (Fsp3) is 0.200. The maximum Gasteiger partial charge on any atom is 0.0406 e. The Bertz CT molecular complexity index is 489. The van der Waals surface area contributed by atoms with Gasteiger partial charge in [0, 0.05) is 37.0 Å². The van der Waals surface area contributed by atoms with Gasteiger partial charge in [-0.15, -0.1) is 0 Å². The summed E-state index contributed by atoms with van der Waals surface area (Å²) < 4.78 is 0. The minimum absolute atomic E-state index is 0.772. The van der Waals surface area contributed by atoms with Crippen LogP contribution in [0.25, 0.3) is 0 Å². The summed E-state index contributed by atoms with van der Waals surface area (Å²) in [5, 5.41) is 4.16. The second kappa shape index (κ2) is 5.78. The molecule has 2 rings (SSSR count). The topological polar surface area (TPSA) is 15.3 Å². The molecule has 0 aliphatic heterocycles. The molecule has 18 heavy (non-hydrogen) atoms. The van der Waals surface area contributed by atoms with Gasteiger partial charge in [0.1, 0.15) is 0 Å². The summed E-state index contributed by atoms with van der Waals surface area (Å²) in [4.78, 5) is 2.09. The first kappa shape index (κ1) is 12.8. The summed E-state index contributed by atoms with van der Waals surface area (Å²) in [6, 6.07) is 16.3. The van der Waals surface area contributed by atoms with E-state index in [4.69, 9.17) is 11.6 Å². The van der Waals surface area contributed by atoms with Gasteiger partial charge in [-0.1, -0.05) is 23.7 Å². The van der Waals surface area contributed by atoms with Gasteiger partial charge in [-0.2, -0.15) is 0 Å². The molecule has 0 unspecified atom stereocenters. The number of nitrogens with zero attached hydrogens (tertiary/aromatic N) is 1. The van der Waals surface area contributed by atoms with Crippen molar-refractivity contribution in [2.75, 3.05) is 24.3 Å². The van der Waals surface area contributed by atoms with Gasteiger partial charge in [-0.05, 0) is 42.0 Å². The van der Waals surface area contributed by atoms with Crippen molar-refractivity contribution in [1.29, 1.82) is 0 Å². The second-order valence-electron chi connectivity index (χ2n) is 4.42. The smallest absolute Gasteiger partial charge is 0.0406 e. The Morgan fingerprint density at radius 1 is 0.944 bits per heavy atom. The fourth-order valence-corrected chi connectivity index (χ4v) is 1.81. The van der Waals surface area contributed by atoms with Crippen molar-refractivity contribution in [2.45, 2.75) is 6.54 Å². The maximum absolute atomic E-state index is 5.85. The summed E-state index contributed by atoms with van der Waals surface area (Å²) in [5.41, 5.74) is 3.54. The van der Waals surface area contributed by atoms with Gasteiger partial charge in [0.05, 0.1) is 0 Å². The average molecular weight is 261 g/mol. The number of anilines is 2. The molecule has 0 atom stereocenters. The molecular weight excluding hydrogens is 244 g/mol. The van der Waals surface area contributed by atoms with Gasteiger partial charge < -0.3 is 10.2 Å². The summed E-state index contributed by atoms with van der Waals surface area (Å²) in [6.45, 7) is 0.804. The molecule has 3 heteroatoms. The van der Waals surface area contributed by atoms with Gasteiger partial charge >= 0.3 is 0 Å². The first-order valence-electron chi connectivity index (χ1n) is 5.91. The van der Waals surface area contributed by atoms with Crippen LogP contribution >= 0.6 is 11.6 Å². The highest BCUT2D eigenvalue weighted by Gasteiger charge is 1.97. The lowest BCUT2D eigenvalue weighted by atomic mass is 10.2. The van der Waals surface area contributed by atoms with E-state index < -0.39 is 0 Å². The van der Waals surface area contributed by atoms with Crippen LogP contribution in [0.3, 0.4) is 0 Å². The van der Waals surface area contributed by atoms with Gasteiger partial charge in [0.25, 0.3) is 0 Å². The van der Waals surface area contributed by atoms with Crippen molar-refractivity contribution in [3.63, 3.8) is 0 Å². The normalized spacial score (nSPS) is 10.2. The Balaban J connectivity index is 1.95.